The molecule has 0 saturated heterocycles. The number of aryl methyl sites for hydroxylation is 1. The lowest BCUT2D eigenvalue weighted by Gasteiger charge is -2.03. The Hall–Kier alpha value is -1.89. The minimum Gasteiger partial charge on any atom is -0.289 e. The largest absolute Gasteiger partial charge is 0.289 e. The van der Waals surface area contributed by atoms with E-state index in [2.05, 4.69) is 6.92 Å². The van der Waals surface area contributed by atoms with Gasteiger partial charge in [0.05, 0.1) is 0 Å². The maximum atomic E-state index is 12.1. The number of hydrogen-bond donors (Lipinski definition) is 0. The normalized spacial score (nSPS) is 10.2. The summed E-state index contributed by atoms with van der Waals surface area (Å²) in [7, 11) is 0. The molecule has 0 fully saturated rings. The third-order valence-electron chi connectivity index (χ3n) is 2.79. The molecule has 1 heteroatoms. The van der Waals surface area contributed by atoms with Gasteiger partial charge in [0.15, 0.2) is 5.78 Å². The summed E-state index contributed by atoms with van der Waals surface area (Å²) in [6.45, 7) is 2.16. The molecule has 0 spiro atoms. The minimum atomic E-state index is 0.0913. The average Bonchev–Trinajstić information content (AvgIpc) is 2.40. The Kier molecular flexibility index (Phi) is 3.71. The van der Waals surface area contributed by atoms with Crippen molar-refractivity contribution in [2.24, 2.45) is 0 Å². The average molecular weight is 224 g/mol. The van der Waals surface area contributed by atoms with Gasteiger partial charge in [0, 0.05) is 11.1 Å². The van der Waals surface area contributed by atoms with E-state index in [0.29, 0.717) is 0 Å². The summed E-state index contributed by atoms with van der Waals surface area (Å²) in [4.78, 5) is 12.1. The van der Waals surface area contributed by atoms with Crippen LogP contribution in [0.2, 0.25) is 0 Å². The molecule has 0 amide bonds. The molecule has 0 bridgehead atoms. The van der Waals surface area contributed by atoms with Crippen molar-refractivity contribution in [1.29, 1.82) is 0 Å². The zero-order chi connectivity index (χ0) is 12.1. The highest BCUT2D eigenvalue weighted by atomic mass is 16.1. The molecule has 0 aliphatic carbocycles. The Morgan fingerprint density at radius 1 is 0.882 bits per heavy atom. The Morgan fingerprint density at radius 3 is 2.06 bits per heavy atom. The molecule has 2 rings (SSSR count). The highest BCUT2D eigenvalue weighted by molar-refractivity contribution is 6.08. The third-order valence-corrected chi connectivity index (χ3v) is 2.79. The molecule has 0 aliphatic heterocycles. The second-order valence-corrected chi connectivity index (χ2v) is 4.14. The molecule has 0 aromatic heterocycles. The summed E-state index contributed by atoms with van der Waals surface area (Å²) in [5.74, 6) is 0.0913. The van der Waals surface area contributed by atoms with Crippen LogP contribution in [0.15, 0.2) is 54.6 Å². The van der Waals surface area contributed by atoms with E-state index < -0.39 is 0 Å². The lowest BCUT2D eigenvalue weighted by molar-refractivity contribution is 0.103. The number of carbonyl (C=O) groups is 1. The van der Waals surface area contributed by atoms with Crippen molar-refractivity contribution in [3.8, 4) is 0 Å². The van der Waals surface area contributed by atoms with Crippen LogP contribution in [0.1, 0.15) is 34.8 Å². The van der Waals surface area contributed by atoms with Gasteiger partial charge in [-0.25, -0.2) is 0 Å². The molecule has 0 N–H and O–H groups in total. The van der Waals surface area contributed by atoms with Gasteiger partial charge in [-0.2, -0.15) is 0 Å². The number of benzene rings is 2. The van der Waals surface area contributed by atoms with E-state index >= 15 is 0 Å². The summed E-state index contributed by atoms with van der Waals surface area (Å²) in [5.41, 5.74) is 2.80. The van der Waals surface area contributed by atoms with E-state index in [1.165, 1.54) is 5.56 Å². The number of rotatable bonds is 4. The molecule has 17 heavy (non-hydrogen) atoms. The Morgan fingerprint density at radius 2 is 1.47 bits per heavy atom. The quantitative estimate of drug-likeness (QED) is 0.720. The second-order valence-electron chi connectivity index (χ2n) is 4.14. The summed E-state index contributed by atoms with van der Waals surface area (Å²) in [6.07, 6.45) is 2.20. The predicted molar refractivity (Wildman–Crippen MR) is 70.3 cm³/mol. The van der Waals surface area contributed by atoms with Crippen LogP contribution >= 0.6 is 0 Å². The standard InChI is InChI=1S/C16H16O/c1-2-6-13-9-11-15(12-10-13)16(17)14-7-4-3-5-8-14/h3-5,7-12H,2,6H2,1H3. The van der Waals surface area contributed by atoms with E-state index in [1.54, 1.807) is 0 Å². The van der Waals surface area contributed by atoms with Crippen molar-refractivity contribution in [3.63, 3.8) is 0 Å². The van der Waals surface area contributed by atoms with E-state index in [1.807, 2.05) is 54.6 Å². The van der Waals surface area contributed by atoms with Crippen LogP contribution in [0.4, 0.5) is 0 Å². The first-order valence-corrected chi connectivity index (χ1v) is 6.00. The zero-order valence-corrected chi connectivity index (χ0v) is 10.0. The van der Waals surface area contributed by atoms with E-state index in [4.69, 9.17) is 0 Å². The monoisotopic (exact) mass is 224 g/mol. The molecule has 1 nitrogen and oxygen atoms in total. The van der Waals surface area contributed by atoms with Gasteiger partial charge in [-0.05, 0) is 12.0 Å². The van der Waals surface area contributed by atoms with Gasteiger partial charge >= 0.3 is 0 Å². The second kappa shape index (κ2) is 5.44. The molecule has 0 unspecified atom stereocenters. The first-order valence-electron chi connectivity index (χ1n) is 6.00. The smallest absolute Gasteiger partial charge is 0.193 e. The van der Waals surface area contributed by atoms with Crippen molar-refractivity contribution in [1.82, 2.24) is 0 Å². The lowest BCUT2D eigenvalue weighted by atomic mass is 10.0. The predicted octanol–water partition coefficient (Wildman–Crippen LogP) is 3.87. The van der Waals surface area contributed by atoms with Crippen LogP contribution in [0.25, 0.3) is 0 Å². The molecule has 0 atom stereocenters. The molecule has 0 heterocycles. The van der Waals surface area contributed by atoms with Gasteiger partial charge in [0.1, 0.15) is 0 Å². The van der Waals surface area contributed by atoms with Crippen LogP contribution in [-0.2, 0) is 6.42 Å². The van der Waals surface area contributed by atoms with E-state index in [0.717, 1.165) is 24.0 Å². The number of ketones is 1. The number of hydrogen-bond acceptors (Lipinski definition) is 1. The molecule has 2 aromatic carbocycles. The fraction of sp³-hybridized carbons (Fsp3) is 0.188. The molecular formula is C16H16O. The van der Waals surface area contributed by atoms with Crippen LogP contribution in [0, 0.1) is 0 Å². The van der Waals surface area contributed by atoms with Crippen LogP contribution in [-0.4, -0.2) is 5.78 Å². The topological polar surface area (TPSA) is 17.1 Å². The lowest BCUT2D eigenvalue weighted by Crippen LogP contribution is -2.00. The Labute approximate surface area is 102 Å². The maximum absolute atomic E-state index is 12.1. The van der Waals surface area contributed by atoms with Crippen LogP contribution in [0.3, 0.4) is 0 Å². The van der Waals surface area contributed by atoms with Crippen LogP contribution < -0.4 is 0 Å². The molecular weight excluding hydrogens is 208 g/mol. The van der Waals surface area contributed by atoms with Gasteiger partial charge in [0.2, 0.25) is 0 Å². The highest BCUT2D eigenvalue weighted by Gasteiger charge is 2.07. The number of carbonyl (C=O) groups excluding carboxylic acids is 1. The molecule has 0 saturated carbocycles. The fourth-order valence-corrected chi connectivity index (χ4v) is 1.87. The van der Waals surface area contributed by atoms with Crippen molar-refractivity contribution in [3.05, 3.63) is 71.3 Å². The van der Waals surface area contributed by atoms with Crippen molar-refractivity contribution in [2.45, 2.75) is 19.8 Å². The summed E-state index contributed by atoms with van der Waals surface area (Å²) >= 11 is 0. The molecule has 0 aliphatic rings. The van der Waals surface area contributed by atoms with E-state index in [-0.39, 0.29) is 5.78 Å². The van der Waals surface area contributed by atoms with Crippen molar-refractivity contribution in [2.75, 3.05) is 0 Å². The highest BCUT2D eigenvalue weighted by Crippen LogP contribution is 2.11. The third kappa shape index (κ3) is 2.82. The van der Waals surface area contributed by atoms with E-state index in [9.17, 15) is 4.79 Å². The Balaban J connectivity index is 2.20. The summed E-state index contributed by atoms with van der Waals surface area (Å²) in [5, 5.41) is 0. The van der Waals surface area contributed by atoms with Gasteiger partial charge in [-0.3, -0.25) is 4.79 Å². The Bertz CT molecular complexity index is 483. The van der Waals surface area contributed by atoms with Gasteiger partial charge in [-0.15, -0.1) is 0 Å². The zero-order valence-electron chi connectivity index (χ0n) is 10.0. The van der Waals surface area contributed by atoms with Crippen molar-refractivity contribution < 1.29 is 4.79 Å². The SMILES string of the molecule is CCCc1ccc(C(=O)c2ccccc2)cc1. The molecule has 2 aromatic rings. The minimum absolute atomic E-state index is 0.0913. The van der Waals surface area contributed by atoms with Crippen molar-refractivity contribution >= 4 is 5.78 Å². The van der Waals surface area contributed by atoms with Crippen LogP contribution in [0.5, 0.6) is 0 Å². The first kappa shape index (κ1) is 11.6. The molecule has 0 radical (unpaired) electrons. The van der Waals surface area contributed by atoms with Gasteiger partial charge in [0.25, 0.3) is 0 Å². The fourth-order valence-electron chi connectivity index (χ4n) is 1.87. The summed E-state index contributed by atoms with van der Waals surface area (Å²) < 4.78 is 0. The van der Waals surface area contributed by atoms with Gasteiger partial charge in [-0.1, -0.05) is 67.9 Å². The molecule has 86 valence electrons. The first-order chi connectivity index (χ1) is 8.31. The summed E-state index contributed by atoms with van der Waals surface area (Å²) in [6, 6.07) is 17.3. The van der Waals surface area contributed by atoms with Gasteiger partial charge < -0.3 is 0 Å². The maximum Gasteiger partial charge on any atom is 0.193 e.